The van der Waals surface area contributed by atoms with Crippen molar-refractivity contribution in [3.63, 3.8) is 0 Å². The van der Waals surface area contributed by atoms with Crippen LogP contribution in [0.15, 0.2) is 0 Å². The van der Waals surface area contributed by atoms with E-state index in [0.717, 1.165) is 17.4 Å². The Morgan fingerprint density at radius 1 is 1.25 bits per heavy atom. The van der Waals surface area contributed by atoms with Crippen LogP contribution >= 0.6 is 23.1 Å². The first-order valence-electron chi connectivity index (χ1n) is 5.43. The highest BCUT2D eigenvalue weighted by molar-refractivity contribution is 7.09. The van der Waals surface area contributed by atoms with Crippen molar-refractivity contribution in [1.29, 1.82) is 0 Å². The maximum Gasteiger partial charge on any atom is 0.203 e. The van der Waals surface area contributed by atoms with Gasteiger partial charge in [0, 0.05) is 28.4 Å². The van der Waals surface area contributed by atoms with Crippen LogP contribution in [0.25, 0.3) is 0 Å². The lowest BCUT2D eigenvalue weighted by Gasteiger charge is -2.24. The lowest BCUT2D eigenvalue weighted by molar-refractivity contribution is 0.541. The maximum absolute atomic E-state index is 5.76. The van der Waals surface area contributed by atoms with Gasteiger partial charge in [0.2, 0.25) is 5.13 Å². The van der Waals surface area contributed by atoms with Crippen molar-refractivity contribution in [2.24, 2.45) is 0 Å². The molecule has 0 aliphatic heterocycles. The largest absolute Gasteiger partial charge is 0.355 e. The van der Waals surface area contributed by atoms with Crippen LogP contribution in [0, 0.1) is 0 Å². The summed E-state index contributed by atoms with van der Waals surface area (Å²) < 4.78 is 4.37. The number of halogens is 1. The maximum atomic E-state index is 5.76. The molecule has 5 heteroatoms. The lowest BCUT2D eigenvalue weighted by atomic mass is 9.96. The molecule has 0 fully saturated rings. The molecule has 0 amide bonds. The standard InChI is InChI=1S/C11H20ClN3S/c1-10(2,3)8-13-9(16-15-8)14-11(4,5)6-7-12/h6-7H2,1-5H3,(H,13,14,15). The average molecular weight is 262 g/mol. The third-order valence-corrected chi connectivity index (χ3v) is 3.08. The predicted octanol–water partition coefficient (Wildman–Crippen LogP) is 3.66. The van der Waals surface area contributed by atoms with Crippen LogP contribution in [-0.2, 0) is 5.41 Å². The second-order valence-electron chi connectivity index (χ2n) is 5.62. The fraction of sp³-hybridized carbons (Fsp3) is 0.818. The quantitative estimate of drug-likeness (QED) is 0.841. The second-order valence-corrected chi connectivity index (χ2v) is 6.75. The Labute approximate surface area is 107 Å². The predicted molar refractivity (Wildman–Crippen MR) is 71.6 cm³/mol. The number of nitrogens with zero attached hydrogens (tertiary/aromatic N) is 2. The minimum Gasteiger partial charge on any atom is -0.355 e. The van der Waals surface area contributed by atoms with E-state index in [4.69, 9.17) is 11.6 Å². The van der Waals surface area contributed by atoms with E-state index in [-0.39, 0.29) is 11.0 Å². The number of aromatic nitrogens is 2. The lowest BCUT2D eigenvalue weighted by Crippen LogP contribution is -2.31. The zero-order chi connectivity index (χ0) is 12.4. The van der Waals surface area contributed by atoms with Gasteiger partial charge in [-0.3, -0.25) is 0 Å². The molecule has 0 aliphatic rings. The monoisotopic (exact) mass is 261 g/mol. The van der Waals surface area contributed by atoms with Crippen molar-refractivity contribution in [2.75, 3.05) is 11.2 Å². The first-order valence-corrected chi connectivity index (χ1v) is 6.74. The van der Waals surface area contributed by atoms with Crippen molar-refractivity contribution >= 4 is 28.3 Å². The Morgan fingerprint density at radius 2 is 1.88 bits per heavy atom. The van der Waals surface area contributed by atoms with Gasteiger partial charge in [-0.2, -0.15) is 4.37 Å². The first-order chi connectivity index (χ1) is 7.24. The van der Waals surface area contributed by atoms with Crippen molar-refractivity contribution < 1.29 is 0 Å². The van der Waals surface area contributed by atoms with Crippen molar-refractivity contribution in [2.45, 2.75) is 52.0 Å². The smallest absolute Gasteiger partial charge is 0.203 e. The Bertz CT molecular complexity index is 341. The molecular formula is C11H20ClN3S. The molecule has 1 heterocycles. The highest BCUT2D eigenvalue weighted by atomic mass is 35.5. The molecule has 1 aromatic heterocycles. The fourth-order valence-electron chi connectivity index (χ4n) is 1.17. The molecule has 0 saturated carbocycles. The summed E-state index contributed by atoms with van der Waals surface area (Å²) in [6.45, 7) is 10.6. The van der Waals surface area contributed by atoms with E-state index in [9.17, 15) is 0 Å². The third kappa shape index (κ3) is 3.91. The van der Waals surface area contributed by atoms with Gasteiger partial charge in [-0.1, -0.05) is 20.8 Å². The fourth-order valence-corrected chi connectivity index (χ4v) is 2.58. The molecule has 1 aromatic rings. The van der Waals surface area contributed by atoms with Crippen LogP contribution in [-0.4, -0.2) is 20.8 Å². The zero-order valence-electron chi connectivity index (χ0n) is 10.6. The molecule has 0 saturated heterocycles. The SMILES string of the molecule is CC(C)(CCCl)Nc1nc(C(C)(C)C)ns1. The van der Waals surface area contributed by atoms with E-state index in [0.29, 0.717) is 5.88 Å². The normalized spacial score (nSPS) is 12.9. The molecule has 0 radical (unpaired) electrons. The van der Waals surface area contributed by atoms with Crippen LogP contribution in [0.3, 0.4) is 0 Å². The number of hydrogen-bond acceptors (Lipinski definition) is 4. The molecule has 0 bridgehead atoms. The van der Waals surface area contributed by atoms with Crippen LogP contribution < -0.4 is 5.32 Å². The molecule has 0 spiro atoms. The third-order valence-electron chi connectivity index (χ3n) is 2.26. The van der Waals surface area contributed by atoms with Crippen LogP contribution in [0.2, 0.25) is 0 Å². The minimum absolute atomic E-state index is 0.00700. The van der Waals surface area contributed by atoms with Crippen molar-refractivity contribution in [3.05, 3.63) is 5.82 Å². The van der Waals surface area contributed by atoms with Gasteiger partial charge in [-0.05, 0) is 20.3 Å². The Hall–Kier alpha value is -0.350. The Balaban J connectivity index is 2.73. The van der Waals surface area contributed by atoms with Gasteiger partial charge in [-0.15, -0.1) is 11.6 Å². The van der Waals surface area contributed by atoms with E-state index in [1.54, 1.807) is 0 Å². The summed E-state index contributed by atoms with van der Waals surface area (Å²) in [5, 5.41) is 4.25. The molecule has 0 aromatic carbocycles. The minimum atomic E-state index is -0.0313. The van der Waals surface area contributed by atoms with Crippen molar-refractivity contribution in [3.8, 4) is 0 Å². The summed E-state index contributed by atoms with van der Waals surface area (Å²) in [4.78, 5) is 4.50. The summed E-state index contributed by atoms with van der Waals surface area (Å²) in [6, 6.07) is 0. The van der Waals surface area contributed by atoms with Gasteiger partial charge in [0.05, 0.1) is 0 Å². The number of anilines is 1. The van der Waals surface area contributed by atoms with E-state index in [1.165, 1.54) is 11.5 Å². The van der Waals surface area contributed by atoms with E-state index in [1.807, 2.05) is 0 Å². The van der Waals surface area contributed by atoms with Gasteiger partial charge in [0.25, 0.3) is 0 Å². The molecule has 1 rings (SSSR count). The Kier molecular flexibility index (Phi) is 4.18. The average Bonchev–Trinajstić information content (AvgIpc) is 2.50. The van der Waals surface area contributed by atoms with Crippen LogP contribution in [0.5, 0.6) is 0 Å². The summed E-state index contributed by atoms with van der Waals surface area (Å²) >= 11 is 7.17. The molecule has 92 valence electrons. The summed E-state index contributed by atoms with van der Waals surface area (Å²) in [7, 11) is 0. The van der Waals surface area contributed by atoms with Crippen molar-refractivity contribution in [1.82, 2.24) is 9.36 Å². The molecule has 0 unspecified atom stereocenters. The molecule has 0 aliphatic carbocycles. The Morgan fingerprint density at radius 3 is 2.31 bits per heavy atom. The van der Waals surface area contributed by atoms with Gasteiger partial charge in [0.15, 0.2) is 0 Å². The molecule has 3 nitrogen and oxygen atoms in total. The first kappa shape index (κ1) is 13.7. The highest BCUT2D eigenvalue weighted by Crippen LogP contribution is 2.25. The van der Waals surface area contributed by atoms with Gasteiger partial charge in [0.1, 0.15) is 5.82 Å². The van der Waals surface area contributed by atoms with Gasteiger partial charge < -0.3 is 5.32 Å². The topological polar surface area (TPSA) is 37.8 Å². The van der Waals surface area contributed by atoms with Gasteiger partial charge >= 0.3 is 0 Å². The van der Waals surface area contributed by atoms with Gasteiger partial charge in [-0.25, -0.2) is 4.98 Å². The van der Waals surface area contributed by atoms with E-state index >= 15 is 0 Å². The highest BCUT2D eigenvalue weighted by Gasteiger charge is 2.22. The van der Waals surface area contributed by atoms with Crippen LogP contribution in [0.4, 0.5) is 5.13 Å². The molecule has 0 atom stereocenters. The number of rotatable bonds is 4. The summed E-state index contributed by atoms with van der Waals surface area (Å²) in [5.74, 6) is 1.53. The summed E-state index contributed by atoms with van der Waals surface area (Å²) in [6.07, 6.45) is 0.902. The second kappa shape index (κ2) is 4.88. The molecule has 16 heavy (non-hydrogen) atoms. The zero-order valence-corrected chi connectivity index (χ0v) is 12.2. The van der Waals surface area contributed by atoms with E-state index in [2.05, 4.69) is 49.3 Å². The molecule has 1 N–H and O–H groups in total. The number of nitrogens with one attached hydrogen (secondary N) is 1. The summed E-state index contributed by atoms with van der Waals surface area (Å²) in [5.41, 5.74) is -0.0243. The molecular weight excluding hydrogens is 242 g/mol. The number of alkyl halides is 1. The number of hydrogen-bond donors (Lipinski definition) is 1. The van der Waals surface area contributed by atoms with Crippen LogP contribution in [0.1, 0.15) is 46.9 Å². The van der Waals surface area contributed by atoms with E-state index < -0.39 is 0 Å².